The molecule has 8 heteroatoms. The summed E-state index contributed by atoms with van der Waals surface area (Å²) in [6.45, 7) is 0. The number of nitroso groups, excluding NO2 is 1. The van der Waals surface area contributed by atoms with Crippen LogP contribution in [0.5, 0.6) is 0 Å². The molecule has 2 rings (SSSR count). The Balaban J connectivity index is 2.89. The third-order valence-corrected chi connectivity index (χ3v) is 1.71. The molecule has 0 spiro atoms. The number of fused-ring (bicyclic) bond motifs is 1. The lowest BCUT2D eigenvalue weighted by molar-refractivity contribution is 0.881. The maximum absolute atomic E-state index is 10.2. The van der Waals surface area contributed by atoms with Gasteiger partial charge in [0.25, 0.3) is 0 Å². The van der Waals surface area contributed by atoms with Crippen molar-refractivity contribution in [2.75, 3.05) is 5.73 Å². The summed E-state index contributed by atoms with van der Waals surface area (Å²) in [5, 5.41) is 2.74. The van der Waals surface area contributed by atoms with Crippen molar-refractivity contribution in [1.82, 2.24) is 19.6 Å². The molecule has 0 saturated carbocycles. The van der Waals surface area contributed by atoms with Crippen LogP contribution in [-0.4, -0.2) is 19.6 Å². The van der Waals surface area contributed by atoms with E-state index in [1.165, 1.54) is 6.33 Å². The van der Waals surface area contributed by atoms with Crippen molar-refractivity contribution >= 4 is 28.7 Å². The van der Waals surface area contributed by atoms with Crippen LogP contribution in [0, 0.1) is 4.91 Å². The van der Waals surface area contributed by atoms with E-state index in [1.54, 1.807) is 0 Å². The molecule has 0 atom stereocenters. The Bertz CT molecular complexity index is 479. The second kappa shape index (κ2) is 2.63. The van der Waals surface area contributed by atoms with Crippen LogP contribution in [0.4, 0.5) is 5.95 Å². The van der Waals surface area contributed by atoms with Gasteiger partial charge in [0.15, 0.2) is 10.8 Å². The van der Waals surface area contributed by atoms with E-state index in [4.69, 9.17) is 17.3 Å². The van der Waals surface area contributed by atoms with E-state index in [9.17, 15) is 4.91 Å². The van der Waals surface area contributed by atoms with Gasteiger partial charge in [0.1, 0.15) is 11.8 Å². The Morgan fingerprint density at radius 1 is 1.54 bits per heavy atom. The highest BCUT2D eigenvalue weighted by molar-refractivity contribution is 6.33. The Kier molecular flexibility index (Phi) is 1.59. The number of hydrogen-bond donors (Lipinski definition) is 1. The van der Waals surface area contributed by atoms with Crippen molar-refractivity contribution < 1.29 is 0 Å². The number of hydrogen-bond acceptors (Lipinski definition) is 6. The average molecular weight is 199 g/mol. The Hall–Kier alpha value is -1.76. The second-order valence-corrected chi connectivity index (χ2v) is 2.57. The molecule has 7 nitrogen and oxygen atoms in total. The number of imidazole rings is 1. The summed E-state index contributed by atoms with van der Waals surface area (Å²) in [5.74, 6) is -0.0251. The van der Waals surface area contributed by atoms with Crippen LogP contribution in [0.15, 0.2) is 11.6 Å². The zero-order chi connectivity index (χ0) is 9.42. The van der Waals surface area contributed by atoms with Crippen LogP contribution in [0.2, 0.25) is 5.15 Å². The third-order valence-electron chi connectivity index (χ3n) is 1.44. The van der Waals surface area contributed by atoms with E-state index in [0.717, 1.165) is 4.68 Å². The molecule has 0 saturated heterocycles. The van der Waals surface area contributed by atoms with Gasteiger partial charge in [-0.25, -0.2) is 4.98 Å². The highest BCUT2D eigenvalue weighted by Gasteiger charge is 2.10. The standard InChI is InChI=1S/C5H3ClN6O/c6-3-2-4(10-5(7)9-3)12(11-13)1-8-2/h1H,(H2,7,9,10). The lowest BCUT2D eigenvalue weighted by atomic mass is 10.5. The van der Waals surface area contributed by atoms with Crippen molar-refractivity contribution in [2.45, 2.75) is 0 Å². The zero-order valence-corrected chi connectivity index (χ0v) is 6.93. The number of anilines is 1. The molecule has 0 aliphatic carbocycles. The number of nitrogens with zero attached hydrogens (tertiary/aromatic N) is 5. The largest absolute Gasteiger partial charge is 0.368 e. The Morgan fingerprint density at radius 2 is 2.31 bits per heavy atom. The molecule has 0 bridgehead atoms. The topological polar surface area (TPSA) is 99.0 Å². The van der Waals surface area contributed by atoms with E-state index in [0.29, 0.717) is 5.52 Å². The van der Waals surface area contributed by atoms with Crippen molar-refractivity contribution in [3.8, 4) is 0 Å². The third kappa shape index (κ3) is 1.09. The Labute approximate surface area is 76.5 Å². The number of nitrogens with two attached hydrogens (primary N) is 1. The molecular formula is C5H3ClN6O. The molecule has 0 aliphatic heterocycles. The molecule has 2 aromatic heterocycles. The van der Waals surface area contributed by atoms with Crippen LogP contribution in [0.25, 0.3) is 11.2 Å². The first kappa shape index (κ1) is 7.87. The first-order valence-electron chi connectivity index (χ1n) is 3.22. The highest BCUT2D eigenvalue weighted by Crippen LogP contribution is 2.18. The number of halogens is 1. The van der Waals surface area contributed by atoms with Gasteiger partial charge in [0, 0.05) is 0 Å². The van der Waals surface area contributed by atoms with Crippen LogP contribution < -0.4 is 5.73 Å². The molecule has 0 unspecified atom stereocenters. The summed E-state index contributed by atoms with van der Waals surface area (Å²) in [4.78, 5) is 21.4. The minimum atomic E-state index is -0.0251. The van der Waals surface area contributed by atoms with Crippen molar-refractivity contribution in [1.29, 1.82) is 0 Å². The van der Waals surface area contributed by atoms with Gasteiger partial charge in [-0.2, -0.15) is 14.6 Å². The first-order chi connectivity index (χ1) is 6.22. The number of rotatable bonds is 1. The van der Waals surface area contributed by atoms with Crippen molar-refractivity contribution in [3.63, 3.8) is 0 Å². The molecular weight excluding hydrogens is 196 g/mol. The average Bonchev–Trinajstić information content (AvgIpc) is 2.47. The summed E-state index contributed by atoms with van der Waals surface area (Å²) in [6, 6.07) is 0. The highest BCUT2D eigenvalue weighted by atomic mass is 35.5. The van der Waals surface area contributed by atoms with Gasteiger partial charge in [-0.1, -0.05) is 11.6 Å². The maximum atomic E-state index is 10.2. The second-order valence-electron chi connectivity index (χ2n) is 2.22. The molecule has 2 heterocycles. The molecule has 0 amide bonds. The molecule has 0 aromatic carbocycles. The number of aromatic nitrogens is 4. The van der Waals surface area contributed by atoms with Gasteiger partial charge in [-0.05, 0) is 0 Å². The summed E-state index contributed by atoms with van der Waals surface area (Å²) in [6.07, 6.45) is 1.19. The maximum Gasteiger partial charge on any atom is 0.223 e. The zero-order valence-electron chi connectivity index (χ0n) is 6.18. The SMILES string of the molecule is Nc1nc(Cl)c2ncn(N=O)c2n1. The minimum Gasteiger partial charge on any atom is -0.368 e. The van der Waals surface area contributed by atoms with Crippen LogP contribution in [-0.2, 0) is 0 Å². The van der Waals surface area contributed by atoms with Gasteiger partial charge in [0.2, 0.25) is 5.95 Å². The van der Waals surface area contributed by atoms with Crippen LogP contribution >= 0.6 is 11.6 Å². The van der Waals surface area contributed by atoms with Crippen molar-refractivity contribution in [3.05, 3.63) is 16.4 Å². The minimum absolute atomic E-state index is 0.0251. The van der Waals surface area contributed by atoms with E-state index in [-0.39, 0.29) is 16.7 Å². The number of nitrogen functional groups attached to an aromatic ring is 1. The molecule has 13 heavy (non-hydrogen) atoms. The van der Waals surface area contributed by atoms with E-state index in [2.05, 4.69) is 20.2 Å². The quantitative estimate of drug-likeness (QED) is 0.534. The van der Waals surface area contributed by atoms with Gasteiger partial charge in [-0.15, -0.1) is 4.91 Å². The van der Waals surface area contributed by atoms with Gasteiger partial charge in [0.05, 0.1) is 5.29 Å². The fraction of sp³-hybridized carbons (Fsp3) is 0. The van der Waals surface area contributed by atoms with E-state index >= 15 is 0 Å². The fourth-order valence-electron chi connectivity index (χ4n) is 0.930. The molecule has 0 radical (unpaired) electrons. The lowest BCUT2D eigenvalue weighted by Crippen LogP contribution is -1.97. The van der Waals surface area contributed by atoms with Gasteiger partial charge in [-0.3, -0.25) is 0 Å². The van der Waals surface area contributed by atoms with E-state index in [1.807, 2.05) is 0 Å². The lowest BCUT2D eigenvalue weighted by Gasteiger charge is -1.94. The van der Waals surface area contributed by atoms with Gasteiger partial charge < -0.3 is 5.73 Å². The fourth-order valence-corrected chi connectivity index (χ4v) is 1.15. The molecule has 2 aromatic rings. The summed E-state index contributed by atoms with van der Waals surface area (Å²) in [7, 11) is 0. The Morgan fingerprint density at radius 3 is 3.00 bits per heavy atom. The molecule has 0 fully saturated rings. The summed E-state index contributed by atoms with van der Waals surface area (Å²) >= 11 is 5.68. The van der Waals surface area contributed by atoms with Crippen LogP contribution in [0.3, 0.4) is 0 Å². The van der Waals surface area contributed by atoms with Crippen molar-refractivity contribution in [2.24, 2.45) is 5.29 Å². The summed E-state index contributed by atoms with van der Waals surface area (Å²) in [5.41, 5.74) is 5.82. The van der Waals surface area contributed by atoms with Gasteiger partial charge >= 0.3 is 0 Å². The molecule has 0 aliphatic rings. The normalized spacial score (nSPS) is 10.5. The molecule has 2 N–H and O–H groups in total. The predicted molar refractivity (Wildman–Crippen MR) is 45.9 cm³/mol. The monoisotopic (exact) mass is 198 g/mol. The first-order valence-corrected chi connectivity index (χ1v) is 3.60. The van der Waals surface area contributed by atoms with E-state index < -0.39 is 0 Å². The van der Waals surface area contributed by atoms with Crippen LogP contribution in [0.1, 0.15) is 0 Å². The predicted octanol–water partition coefficient (Wildman–Crippen LogP) is 0.591. The smallest absolute Gasteiger partial charge is 0.223 e. The molecule has 66 valence electrons. The summed E-state index contributed by atoms with van der Waals surface area (Å²) < 4.78 is 0.930.